The first-order valence-corrected chi connectivity index (χ1v) is 6.33. The van der Waals surface area contributed by atoms with Crippen molar-refractivity contribution in [2.75, 3.05) is 6.61 Å². The monoisotopic (exact) mass is 263 g/mol. The van der Waals surface area contributed by atoms with Gasteiger partial charge in [0.1, 0.15) is 0 Å². The van der Waals surface area contributed by atoms with Crippen molar-refractivity contribution in [1.82, 2.24) is 4.98 Å². The van der Waals surface area contributed by atoms with E-state index in [0.29, 0.717) is 17.5 Å². The van der Waals surface area contributed by atoms with Crippen molar-refractivity contribution < 1.29 is 9.13 Å². The Balaban J connectivity index is 2.71. The topological polar surface area (TPSA) is 42.1 Å². The van der Waals surface area contributed by atoms with Crippen molar-refractivity contribution in [1.29, 1.82) is 0 Å². The maximum atomic E-state index is 13.8. The fourth-order valence-electron chi connectivity index (χ4n) is 1.92. The minimum atomic E-state index is -0.462. The van der Waals surface area contributed by atoms with Gasteiger partial charge in [0.05, 0.1) is 12.1 Å². The van der Waals surface area contributed by atoms with Crippen LogP contribution in [0.1, 0.15) is 33.4 Å². The molecular weight excluding hydrogens is 245 g/mol. The van der Waals surface area contributed by atoms with Gasteiger partial charge < -0.3 is 9.72 Å². The normalized spacial score (nSPS) is 11.8. The van der Waals surface area contributed by atoms with Gasteiger partial charge in [-0.25, -0.2) is 4.39 Å². The third kappa shape index (κ3) is 2.62. The fourth-order valence-corrected chi connectivity index (χ4v) is 1.92. The van der Waals surface area contributed by atoms with Crippen molar-refractivity contribution in [2.24, 2.45) is 0 Å². The number of hydrogen-bond acceptors (Lipinski definition) is 2. The van der Waals surface area contributed by atoms with Gasteiger partial charge in [0.25, 0.3) is 0 Å². The van der Waals surface area contributed by atoms with E-state index in [9.17, 15) is 9.18 Å². The third-order valence-corrected chi connectivity index (χ3v) is 2.99. The second-order valence-electron chi connectivity index (χ2n) is 5.56. The Bertz CT molecular complexity index is 668. The fraction of sp³-hybridized carbons (Fsp3) is 0.400. The predicted molar refractivity (Wildman–Crippen MR) is 74.4 cm³/mol. The second kappa shape index (κ2) is 4.68. The lowest BCUT2D eigenvalue weighted by Crippen LogP contribution is -2.17. The lowest BCUT2D eigenvalue weighted by molar-refractivity contribution is 0.322. The molecule has 0 unspecified atom stereocenters. The van der Waals surface area contributed by atoms with Gasteiger partial charge in [0.2, 0.25) is 0 Å². The Kier molecular flexibility index (Phi) is 3.35. The summed E-state index contributed by atoms with van der Waals surface area (Å²) < 4.78 is 19.0. The van der Waals surface area contributed by atoms with E-state index in [1.54, 1.807) is 13.0 Å². The molecule has 0 radical (unpaired) electrons. The predicted octanol–water partition coefficient (Wildman–Crippen LogP) is 3.36. The van der Waals surface area contributed by atoms with E-state index in [1.165, 1.54) is 12.1 Å². The van der Waals surface area contributed by atoms with E-state index in [4.69, 9.17) is 4.74 Å². The molecule has 4 heteroatoms. The van der Waals surface area contributed by atoms with Gasteiger partial charge in [-0.1, -0.05) is 20.8 Å². The molecule has 0 aliphatic rings. The molecule has 0 bridgehead atoms. The summed E-state index contributed by atoms with van der Waals surface area (Å²) in [6.45, 7) is 8.12. The summed E-state index contributed by atoms with van der Waals surface area (Å²) in [5, 5.41) is 0.442. The first-order valence-electron chi connectivity index (χ1n) is 6.33. The van der Waals surface area contributed by atoms with Gasteiger partial charge in [-0.15, -0.1) is 0 Å². The molecule has 1 aromatic heterocycles. The first-order chi connectivity index (χ1) is 8.82. The first kappa shape index (κ1) is 13.6. The highest BCUT2D eigenvalue weighted by atomic mass is 19.1. The van der Waals surface area contributed by atoms with Gasteiger partial charge >= 0.3 is 0 Å². The van der Waals surface area contributed by atoms with Gasteiger partial charge in [-0.05, 0) is 13.0 Å². The minimum Gasteiger partial charge on any atom is -0.491 e. The van der Waals surface area contributed by atoms with Gasteiger partial charge in [0, 0.05) is 28.6 Å². The Labute approximate surface area is 111 Å². The van der Waals surface area contributed by atoms with Crippen LogP contribution in [0.15, 0.2) is 23.0 Å². The molecule has 0 saturated heterocycles. The Morgan fingerprint density at radius 3 is 2.53 bits per heavy atom. The summed E-state index contributed by atoms with van der Waals surface area (Å²) >= 11 is 0. The van der Waals surface area contributed by atoms with E-state index in [1.807, 2.05) is 20.8 Å². The van der Waals surface area contributed by atoms with Crippen LogP contribution in [0.5, 0.6) is 5.75 Å². The molecule has 2 aromatic rings. The molecule has 2 rings (SSSR count). The van der Waals surface area contributed by atoms with E-state index in [2.05, 4.69) is 4.98 Å². The van der Waals surface area contributed by atoms with Crippen molar-refractivity contribution in [3.8, 4) is 5.75 Å². The number of nitrogens with one attached hydrogen (secondary N) is 1. The molecule has 0 fully saturated rings. The Morgan fingerprint density at radius 2 is 1.95 bits per heavy atom. The molecule has 19 heavy (non-hydrogen) atoms. The van der Waals surface area contributed by atoms with Crippen molar-refractivity contribution >= 4 is 10.9 Å². The molecule has 0 saturated carbocycles. The van der Waals surface area contributed by atoms with Crippen LogP contribution in [-0.4, -0.2) is 11.6 Å². The van der Waals surface area contributed by atoms with Crippen LogP contribution in [-0.2, 0) is 5.41 Å². The Morgan fingerprint density at radius 1 is 1.26 bits per heavy atom. The average Bonchev–Trinajstić information content (AvgIpc) is 2.29. The minimum absolute atomic E-state index is 0.115. The van der Waals surface area contributed by atoms with Crippen LogP contribution in [0, 0.1) is 5.82 Å². The highest BCUT2D eigenvalue weighted by Gasteiger charge is 2.17. The van der Waals surface area contributed by atoms with E-state index < -0.39 is 5.82 Å². The summed E-state index contributed by atoms with van der Waals surface area (Å²) in [5.74, 6) is -0.347. The van der Waals surface area contributed by atoms with Crippen LogP contribution in [0.2, 0.25) is 0 Å². The summed E-state index contributed by atoms with van der Waals surface area (Å²) in [7, 11) is 0. The van der Waals surface area contributed by atoms with Crippen molar-refractivity contribution in [3.63, 3.8) is 0 Å². The number of ether oxygens (including phenoxy) is 1. The smallest absolute Gasteiger partial charge is 0.189 e. The molecule has 0 aliphatic heterocycles. The van der Waals surface area contributed by atoms with Gasteiger partial charge in [0.15, 0.2) is 17.0 Å². The maximum Gasteiger partial charge on any atom is 0.189 e. The molecule has 1 aromatic carbocycles. The Hall–Kier alpha value is -1.84. The van der Waals surface area contributed by atoms with E-state index in [-0.39, 0.29) is 16.6 Å². The standard InChI is InChI=1S/C15H18FNO2/c1-5-19-13-6-9-11(7-10(13)16)17-14(8-12(9)18)15(2,3)4/h6-8H,5H2,1-4H3,(H,17,18). The number of benzene rings is 1. The van der Waals surface area contributed by atoms with Crippen LogP contribution in [0.3, 0.4) is 0 Å². The van der Waals surface area contributed by atoms with Crippen LogP contribution in [0.4, 0.5) is 4.39 Å². The molecule has 102 valence electrons. The van der Waals surface area contributed by atoms with Gasteiger partial charge in [-0.2, -0.15) is 0 Å². The highest BCUT2D eigenvalue weighted by Crippen LogP contribution is 2.25. The molecule has 3 nitrogen and oxygen atoms in total. The average molecular weight is 263 g/mol. The number of fused-ring (bicyclic) bond motifs is 1. The van der Waals surface area contributed by atoms with Crippen LogP contribution in [0.25, 0.3) is 10.9 Å². The zero-order chi connectivity index (χ0) is 14.2. The largest absolute Gasteiger partial charge is 0.491 e. The lowest BCUT2D eigenvalue weighted by atomic mass is 9.91. The van der Waals surface area contributed by atoms with Crippen LogP contribution < -0.4 is 10.2 Å². The zero-order valence-electron chi connectivity index (χ0n) is 11.6. The molecule has 1 N–H and O–H groups in total. The quantitative estimate of drug-likeness (QED) is 0.902. The summed E-state index contributed by atoms with van der Waals surface area (Å²) in [6, 6.07) is 4.34. The van der Waals surface area contributed by atoms with Crippen molar-refractivity contribution in [2.45, 2.75) is 33.1 Å². The summed E-state index contributed by atoms with van der Waals surface area (Å²) in [5.41, 5.74) is 0.967. The number of pyridine rings is 1. The molecule has 0 atom stereocenters. The summed E-state index contributed by atoms with van der Waals surface area (Å²) in [6.07, 6.45) is 0. The number of H-pyrrole nitrogens is 1. The summed E-state index contributed by atoms with van der Waals surface area (Å²) in [4.78, 5) is 15.2. The van der Waals surface area contributed by atoms with Crippen molar-refractivity contribution in [3.05, 3.63) is 39.9 Å². The molecule has 0 aliphatic carbocycles. The number of rotatable bonds is 2. The molecule has 1 heterocycles. The van der Waals surface area contributed by atoms with Gasteiger partial charge in [-0.3, -0.25) is 4.79 Å². The highest BCUT2D eigenvalue weighted by molar-refractivity contribution is 5.80. The van der Waals surface area contributed by atoms with Crippen LogP contribution >= 0.6 is 0 Å². The number of aromatic amines is 1. The number of aromatic nitrogens is 1. The molecular formula is C15H18FNO2. The number of halogens is 1. The molecule has 0 spiro atoms. The van der Waals surface area contributed by atoms with E-state index >= 15 is 0 Å². The molecule has 0 amide bonds. The van der Waals surface area contributed by atoms with E-state index in [0.717, 1.165) is 5.69 Å². The number of hydrogen-bond donors (Lipinski definition) is 1. The zero-order valence-corrected chi connectivity index (χ0v) is 11.6. The third-order valence-electron chi connectivity index (χ3n) is 2.99. The second-order valence-corrected chi connectivity index (χ2v) is 5.56. The SMILES string of the molecule is CCOc1cc2c(=O)cc(C(C)(C)C)[nH]c2cc1F. The maximum absolute atomic E-state index is 13.8. The lowest BCUT2D eigenvalue weighted by Gasteiger charge is -2.19.